The topological polar surface area (TPSA) is 104 Å². The smallest absolute Gasteiger partial charge is 0.336 e. The fraction of sp³-hybridized carbons (Fsp3) is 0.462. The maximum atomic E-state index is 12.4. The maximum absolute atomic E-state index is 12.4. The van der Waals surface area contributed by atoms with Gasteiger partial charge in [-0.1, -0.05) is 15.9 Å². The standard InChI is InChI=1S/C13H16BrNO5S/c1-8-10(12(17)18)5-9(6-11(8)14)21(19,20)15-13(7-16)3-2-4-13/h5-6,15-16H,2-4,7H2,1H3,(H,17,18). The van der Waals surface area contributed by atoms with Crippen LogP contribution in [0.4, 0.5) is 0 Å². The Bertz CT molecular complexity index is 677. The summed E-state index contributed by atoms with van der Waals surface area (Å²) >= 11 is 3.18. The second-order valence-corrected chi connectivity index (χ2v) is 7.82. The van der Waals surface area contributed by atoms with Crippen LogP contribution in [-0.2, 0) is 10.0 Å². The number of hydrogen-bond donors (Lipinski definition) is 3. The van der Waals surface area contributed by atoms with E-state index in [0.29, 0.717) is 22.9 Å². The highest BCUT2D eigenvalue weighted by Gasteiger charge is 2.40. The van der Waals surface area contributed by atoms with Gasteiger partial charge in [0.25, 0.3) is 0 Å². The van der Waals surface area contributed by atoms with Crippen molar-refractivity contribution in [1.29, 1.82) is 0 Å². The van der Waals surface area contributed by atoms with Crippen molar-refractivity contribution in [2.45, 2.75) is 36.6 Å². The van der Waals surface area contributed by atoms with Crippen molar-refractivity contribution in [3.05, 3.63) is 27.7 Å². The van der Waals surface area contributed by atoms with Gasteiger partial charge in [0.2, 0.25) is 10.0 Å². The second-order valence-electron chi connectivity index (χ2n) is 5.28. The number of aromatic carboxylic acids is 1. The van der Waals surface area contributed by atoms with Crippen LogP contribution in [0.2, 0.25) is 0 Å². The molecular formula is C13H16BrNO5S. The molecule has 0 bridgehead atoms. The van der Waals surface area contributed by atoms with Gasteiger partial charge in [-0.3, -0.25) is 0 Å². The van der Waals surface area contributed by atoms with Gasteiger partial charge >= 0.3 is 5.97 Å². The minimum Gasteiger partial charge on any atom is -0.478 e. The van der Waals surface area contributed by atoms with Gasteiger partial charge in [0, 0.05) is 4.47 Å². The van der Waals surface area contributed by atoms with E-state index in [0.717, 1.165) is 12.5 Å². The van der Waals surface area contributed by atoms with E-state index >= 15 is 0 Å². The van der Waals surface area contributed by atoms with Gasteiger partial charge in [-0.05, 0) is 43.9 Å². The number of nitrogens with one attached hydrogen (secondary N) is 1. The molecule has 1 saturated carbocycles. The first-order chi connectivity index (χ1) is 9.71. The third-order valence-corrected chi connectivity index (χ3v) is 6.20. The van der Waals surface area contributed by atoms with E-state index in [1.165, 1.54) is 6.07 Å². The van der Waals surface area contributed by atoms with Crippen LogP contribution in [-0.4, -0.2) is 36.7 Å². The predicted molar refractivity (Wildman–Crippen MR) is 79.8 cm³/mol. The van der Waals surface area contributed by atoms with E-state index in [1.807, 2.05) is 0 Å². The molecule has 1 aromatic rings. The van der Waals surface area contributed by atoms with Gasteiger partial charge in [-0.2, -0.15) is 0 Å². The van der Waals surface area contributed by atoms with E-state index in [4.69, 9.17) is 5.11 Å². The first-order valence-corrected chi connectivity index (χ1v) is 8.67. The zero-order chi connectivity index (χ0) is 15.8. The Hall–Kier alpha value is -0.960. The van der Waals surface area contributed by atoms with Gasteiger partial charge in [0.05, 0.1) is 22.6 Å². The summed E-state index contributed by atoms with van der Waals surface area (Å²) in [5, 5.41) is 18.5. The molecule has 0 radical (unpaired) electrons. The number of carboxylic acids is 1. The van der Waals surface area contributed by atoms with Crippen LogP contribution in [0, 0.1) is 6.92 Å². The normalized spacial score (nSPS) is 17.3. The lowest BCUT2D eigenvalue weighted by molar-refractivity contribution is 0.0695. The van der Waals surface area contributed by atoms with Gasteiger partial charge < -0.3 is 10.2 Å². The molecule has 0 heterocycles. The van der Waals surface area contributed by atoms with Crippen LogP contribution in [0.25, 0.3) is 0 Å². The largest absolute Gasteiger partial charge is 0.478 e. The number of sulfonamides is 1. The fourth-order valence-electron chi connectivity index (χ4n) is 2.27. The van der Waals surface area contributed by atoms with Gasteiger partial charge in [0.15, 0.2) is 0 Å². The molecule has 0 spiro atoms. The first kappa shape index (κ1) is 16.4. The van der Waals surface area contributed by atoms with Crippen molar-refractivity contribution in [3.63, 3.8) is 0 Å². The molecule has 2 rings (SSSR count). The van der Waals surface area contributed by atoms with E-state index < -0.39 is 21.5 Å². The number of halogens is 1. The van der Waals surface area contributed by atoms with Crippen LogP contribution in [0.1, 0.15) is 35.2 Å². The Morgan fingerprint density at radius 2 is 2.05 bits per heavy atom. The average Bonchev–Trinajstić information content (AvgIpc) is 2.36. The molecule has 21 heavy (non-hydrogen) atoms. The Labute approximate surface area is 131 Å². The lowest BCUT2D eigenvalue weighted by Gasteiger charge is -2.40. The molecule has 0 atom stereocenters. The van der Waals surface area contributed by atoms with E-state index in [-0.39, 0.29) is 17.1 Å². The summed E-state index contributed by atoms with van der Waals surface area (Å²) in [4.78, 5) is 11.1. The monoisotopic (exact) mass is 377 g/mol. The summed E-state index contributed by atoms with van der Waals surface area (Å²) in [5.41, 5.74) is -0.432. The van der Waals surface area contributed by atoms with Gasteiger partial charge in [0.1, 0.15) is 0 Å². The molecule has 0 aliphatic heterocycles. The summed E-state index contributed by atoms with van der Waals surface area (Å²) in [5.74, 6) is -1.19. The SMILES string of the molecule is Cc1c(Br)cc(S(=O)(=O)NC2(CO)CCC2)cc1C(=O)O. The Balaban J connectivity index is 2.43. The molecule has 6 nitrogen and oxygen atoms in total. The summed E-state index contributed by atoms with van der Waals surface area (Å²) in [7, 11) is -3.89. The maximum Gasteiger partial charge on any atom is 0.336 e. The van der Waals surface area contributed by atoms with E-state index in [9.17, 15) is 18.3 Å². The second kappa shape index (κ2) is 5.68. The van der Waals surface area contributed by atoms with Crippen molar-refractivity contribution < 1.29 is 23.4 Å². The van der Waals surface area contributed by atoms with Crippen molar-refractivity contribution in [2.75, 3.05) is 6.61 Å². The van der Waals surface area contributed by atoms with E-state index in [1.54, 1.807) is 6.92 Å². The Morgan fingerprint density at radius 3 is 2.48 bits per heavy atom. The lowest BCUT2D eigenvalue weighted by Crippen LogP contribution is -2.55. The van der Waals surface area contributed by atoms with Crippen molar-refractivity contribution in [1.82, 2.24) is 4.72 Å². The summed E-state index contributed by atoms with van der Waals surface area (Å²) < 4.78 is 27.7. The zero-order valence-corrected chi connectivity index (χ0v) is 13.8. The Morgan fingerprint density at radius 1 is 1.43 bits per heavy atom. The number of hydrogen-bond acceptors (Lipinski definition) is 4. The van der Waals surface area contributed by atoms with Crippen molar-refractivity contribution >= 4 is 31.9 Å². The van der Waals surface area contributed by atoms with Gasteiger partial charge in [-0.15, -0.1) is 0 Å². The highest BCUT2D eigenvalue weighted by molar-refractivity contribution is 9.10. The summed E-state index contributed by atoms with van der Waals surface area (Å²) in [6.07, 6.45) is 1.99. The molecule has 1 aliphatic carbocycles. The molecular weight excluding hydrogens is 362 g/mol. The number of aliphatic hydroxyl groups is 1. The quantitative estimate of drug-likeness (QED) is 0.723. The third-order valence-electron chi connectivity index (χ3n) is 3.82. The van der Waals surface area contributed by atoms with Crippen LogP contribution in [0.3, 0.4) is 0 Å². The Kier molecular flexibility index (Phi) is 4.44. The first-order valence-electron chi connectivity index (χ1n) is 6.39. The van der Waals surface area contributed by atoms with Crippen LogP contribution >= 0.6 is 15.9 Å². The van der Waals surface area contributed by atoms with Crippen molar-refractivity contribution in [2.24, 2.45) is 0 Å². The van der Waals surface area contributed by atoms with Crippen molar-refractivity contribution in [3.8, 4) is 0 Å². The fourth-order valence-corrected chi connectivity index (χ4v) is 4.39. The average molecular weight is 378 g/mol. The minimum atomic E-state index is -3.89. The zero-order valence-electron chi connectivity index (χ0n) is 11.4. The molecule has 1 aliphatic rings. The van der Waals surface area contributed by atoms with Crippen LogP contribution < -0.4 is 4.72 Å². The number of aliphatic hydroxyl groups excluding tert-OH is 1. The number of carbonyl (C=O) groups is 1. The van der Waals surface area contributed by atoms with E-state index in [2.05, 4.69) is 20.7 Å². The van der Waals surface area contributed by atoms with Crippen LogP contribution in [0.15, 0.2) is 21.5 Å². The molecule has 0 amide bonds. The van der Waals surface area contributed by atoms with Crippen LogP contribution in [0.5, 0.6) is 0 Å². The molecule has 8 heteroatoms. The molecule has 0 saturated heterocycles. The van der Waals surface area contributed by atoms with Gasteiger partial charge in [-0.25, -0.2) is 17.9 Å². The molecule has 1 aromatic carbocycles. The molecule has 3 N–H and O–H groups in total. The third kappa shape index (κ3) is 3.13. The molecule has 116 valence electrons. The predicted octanol–water partition coefficient (Wildman–Crippen LogP) is 1.65. The molecule has 0 aromatic heterocycles. The lowest BCUT2D eigenvalue weighted by atomic mass is 9.78. The summed E-state index contributed by atoms with van der Waals surface area (Å²) in [6, 6.07) is 2.50. The minimum absolute atomic E-state index is 0.0728. The molecule has 0 unspecified atom stereocenters. The highest BCUT2D eigenvalue weighted by atomic mass is 79.9. The number of benzene rings is 1. The number of rotatable bonds is 5. The summed E-state index contributed by atoms with van der Waals surface area (Å²) in [6.45, 7) is 1.32. The number of carboxylic acid groups (broad SMARTS) is 1. The molecule has 1 fully saturated rings. The highest BCUT2D eigenvalue weighted by Crippen LogP contribution is 2.33.